The molecular formula is C24H22FN3O4S. The van der Waals surface area contributed by atoms with Crippen LogP contribution in [0.25, 0.3) is 11.3 Å². The van der Waals surface area contributed by atoms with Crippen molar-refractivity contribution in [3.8, 4) is 28.5 Å². The summed E-state index contributed by atoms with van der Waals surface area (Å²) in [5, 5.41) is 3.54. The number of ether oxygens (including phenoxy) is 3. The first-order chi connectivity index (χ1) is 16.1. The summed E-state index contributed by atoms with van der Waals surface area (Å²) < 4.78 is 31.1. The van der Waals surface area contributed by atoms with Gasteiger partial charge in [-0.05, 0) is 48.6 Å². The maximum absolute atomic E-state index is 14.3. The molecule has 0 saturated carbocycles. The summed E-state index contributed by atoms with van der Waals surface area (Å²) in [7, 11) is 0. The predicted molar refractivity (Wildman–Crippen MR) is 121 cm³/mol. The minimum Gasteiger partial charge on any atom is -0.487 e. The van der Waals surface area contributed by atoms with Crippen molar-refractivity contribution < 1.29 is 23.4 Å². The molecular weight excluding hydrogens is 445 g/mol. The van der Waals surface area contributed by atoms with Crippen LogP contribution in [0.2, 0.25) is 0 Å². The molecule has 2 aromatic carbocycles. The molecule has 9 heteroatoms. The van der Waals surface area contributed by atoms with E-state index in [0.717, 1.165) is 16.9 Å². The highest BCUT2D eigenvalue weighted by Crippen LogP contribution is 2.39. The first-order valence-corrected chi connectivity index (χ1v) is 11.8. The Morgan fingerprint density at radius 1 is 1.21 bits per heavy atom. The van der Waals surface area contributed by atoms with Crippen molar-refractivity contribution in [2.24, 2.45) is 0 Å². The summed E-state index contributed by atoms with van der Waals surface area (Å²) in [5.41, 5.74) is 2.99. The molecule has 2 aliphatic heterocycles. The van der Waals surface area contributed by atoms with Gasteiger partial charge in [0.1, 0.15) is 17.7 Å². The molecule has 7 nitrogen and oxygen atoms in total. The number of fused-ring (bicyclic) bond motifs is 2. The van der Waals surface area contributed by atoms with E-state index in [2.05, 4.69) is 15.3 Å². The molecule has 1 aromatic heterocycles. The van der Waals surface area contributed by atoms with Crippen molar-refractivity contribution in [1.29, 1.82) is 0 Å². The van der Waals surface area contributed by atoms with Crippen LogP contribution in [0.15, 0.2) is 47.8 Å². The highest BCUT2D eigenvalue weighted by atomic mass is 32.2. The average molecular weight is 468 g/mol. The Balaban J connectivity index is 1.19. The third kappa shape index (κ3) is 4.73. The van der Waals surface area contributed by atoms with Gasteiger partial charge in [0.15, 0.2) is 16.7 Å². The van der Waals surface area contributed by atoms with E-state index in [0.29, 0.717) is 53.7 Å². The van der Waals surface area contributed by atoms with Gasteiger partial charge in [-0.1, -0.05) is 17.8 Å². The maximum atomic E-state index is 14.3. The first-order valence-electron chi connectivity index (χ1n) is 10.6. The number of aromatic nitrogens is 2. The van der Waals surface area contributed by atoms with Crippen LogP contribution in [-0.4, -0.2) is 41.6 Å². The third-order valence-corrected chi connectivity index (χ3v) is 6.12. The van der Waals surface area contributed by atoms with Gasteiger partial charge in [-0.25, -0.2) is 14.4 Å². The molecule has 0 fully saturated rings. The van der Waals surface area contributed by atoms with Crippen molar-refractivity contribution in [2.45, 2.75) is 30.5 Å². The van der Waals surface area contributed by atoms with Gasteiger partial charge in [0.2, 0.25) is 12.7 Å². The van der Waals surface area contributed by atoms with Crippen LogP contribution < -0.4 is 19.5 Å². The van der Waals surface area contributed by atoms with Crippen LogP contribution in [-0.2, 0) is 17.6 Å². The molecule has 0 unspecified atom stereocenters. The van der Waals surface area contributed by atoms with E-state index in [1.54, 1.807) is 12.3 Å². The number of carbonyl (C=O) groups is 1. The number of rotatable bonds is 7. The predicted octanol–water partition coefficient (Wildman–Crippen LogP) is 3.79. The lowest BCUT2D eigenvalue weighted by molar-refractivity contribution is -0.121. The molecule has 0 spiro atoms. The molecule has 5 rings (SSSR count). The second-order valence-electron chi connectivity index (χ2n) is 7.81. The molecule has 33 heavy (non-hydrogen) atoms. The lowest BCUT2D eigenvalue weighted by Gasteiger charge is -2.14. The number of hydrogen-bond acceptors (Lipinski definition) is 7. The van der Waals surface area contributed by atoms with Crippen LogP contribution in [0.3, 0.4) is 0 Å². The van der Waals surface area contributed by atoms with Crippen LogP contribution in [0.1, 0.15) is 17.5 Å². The zero-order valence-corrected chi connectivity index (χ0v) is 18.8. The zero-order chi connectivity index (χ0) is 22.8. The van der Waals surface area contributed by atoms with Gasteiger partial charge in [-0.15, -0.1) is 0 Å². The smallest absolute Gasteiger partial charge is 0.231 e. The summed E-state index contributed by atoms with van der Waals surface area (Å²) >= 11 is 1.42. The third-order valence-electron chi connectivity index (χ3n) is 5.56. The maximum Gasteiger partial charge on any atom is 0.231 e. The van der Waals surface area contributed by atoms with Crippen LogP contribution in [0.4, 0.5) is 4.39 Å². The second-order valence-corrected chi connectivity index (χ2v) is 8.58. The van der Waals surface area contributed by atoms with Crippen LogP contribution in [0.5, 0.6) is 17.2 Å². The van der Waals surface area contributed by atoms with E-state index in [-0.39, 0.29) is 24.6 Å². The monoisotopic (exact) mass is 467 g/mol. The molecule has 0 bridgehead atoms. The number of thioether (sulfide) groups is 1. The lowest BCUT2D eigenvalue weighted by atomic mass is 10.0. The molecule has 1 amide bonds. The highest BCUT2D eigenvalue weighted by molar-refractivity contribution is 7.98. The molecule has 0 saturated heterocycles. The normalized spacial score (nSPS) is 15.8. The molecule has 1 N–H and O–H groups in total. The number of nitrogens with one attached hydrogen (secondary N) is 1. The van der Waals surface area contributed by atoms with E-state index in [1.165, 1.54) is 23.9 Å². The standard InChI is InChI=1S/C24H22FN3O4S/c1-33-24-26-7-6-19(28-24)18-11-16(25)9-15-10-17(32-23(15)18)12-27-22(29)5-3-14-2-4-20-21(8-14)31-13-30-20/h2,4,6-9,11,17H,3,5,10,12-13H2,1H3,(H,27,29)/t17-/m0/s1. The van der Waals surface area contributed by atoms with Gasteiger partial charge < -0.3 is 19.5 Å². The summed E-state index contributed by atoms with van der Waals surface area (Å²) in [4.78, 5) is 21.0. The van der Waals surface area contributed by atoms with Crippen molar-refractivity contribution in [3.05, 3.63) is 59.5 Å². The van der Waals surface area contributed by atoms with Gasteiger partial charge >= 0.3 is 0 Å². The van der Waals surface area contributed by atoms with E-state index in [9.17, 15) is 9.18 Å². The Morgan fingerprint density at radius 3 is 2.97 bits per heavy atom. The number of nitrogens with zero attached hydrogens (tertiary/aromatic N) is 2. The van der Waals surface area contributed by atoms with Crippen molar-refractivity contribution in [2.75, 3.05) is 19.6 Å². The summed E-state index contributed by atoms with van der Waals surface area (Å²) in [6, 6.07) is 10.3. The number of carbonyl (C=O) groups excluding carboxylic acids is 1. The van der Waals surface area contributed by atoms with E-state index < -0.39 is 0 Å². The van der Waals surface area contributed by atoms with E-state index in [1.807, 2.05) is 24.5 Å². The number of aryl methyl sites for hydroxylation is 1. The first kappa shape index (κ1) is 21.5. The molecule has 0 radical (unpaired) electrons. The summed E-state index contributed by atoms with van der Waals surface area (Å²) in [6.07, 6.45) is 4.72. The van der Waals surface area contributed by atoms with E-state index in [4.69, 9.17) is 14.2 Å². The topological polar surface area (TPSA) is 82.6 Å². The van der Waals surface area contributed by atoms with Gasteiger partial charge in [-0.2, -0.15) is 0 Å². The molecule has 0 aliphatic carbocycles. The van der Waals surface area contributed by atoms with Gasteiger partial charge in [-0.3, -0.25) is 4.79 Å². The zero-order valence-electron chi connectivity index (χ0n) is 18.0. The van der Waals surface area contributed by atoms with Crippen molar-refractivity contribution >= 4 is 17.7 Å². The number of amides is 1. The number of benzene rings is 2. The fraction of sp³-hybridized carbons (Fsp3) is 0.292. The van der Waals surface area contributed by atoms with Gasteiger partial charge in [0.05, 0.1) is 12.2 Å². The number of halogens is 1. The van der Waals surface area contributed by atoms with Crippen molar-refractivity contribution in [1.82, 2.24) is 15.3 Å². The fourth-order valence-corrected chi connectivity index (χ4v) is 4.31. The molecule has 170 valence electrons. The summed E-state index contributed by atoms with van der Waals surface area (Å²) in [5.74, 6) is 1.64. The minimum atomic E-state index is -0.343. The molecule has 1 atom stereocenters. The van der Waals surface area contributed by atoms with Gasteiger partial charge in [0.25, 0.3) is 0 Å². The van der Waals surface area contributed by atoms with E-state index >= 15 is 0 Å². The molecule has 2 aliphatic rings. The quantitative estimate of drug-likeness (QED) is 0.418. The Hall–Kier alpha value is -3.33. The second kappa shape index (κ2) is 9.27. The Bertz CT molecular complexity index is 1210. The largest absolute Gasteiger partial charge is 0.487 e. The lowest BCUT2D eigenvalue weighted by Crippen LogP contribution is -2.34. The molecule has 3 heterocycles. The SMILES string of the molecule is CSc1nccc(-c2cc(F)cc3c2O[C@H](CNC(=O)CCc2ccc4c(c2)OCO4)C3)n1. The summed E-state index contributed by atoms with van der Waals surface area (Å²) in [6.45, 7) is 0.570. The van der Waals surface area contributed by atoms with Crippen molar-refractivity contribution in [3.63, 3.8) is 0 Å². The average Bonchev–Trinajstić information content (AvgIpc) is 3.47. The minimum absolute atomic E-state index is 0.0703. The van der Waals surface area contributed by atoms with Crippen LogP contribution in [0, 0.1) is 5.82 Å². The fourth-order valence-electron chi connectivity index (χ4n) is 3.96. The molecule has 3 aromatic rings. The highest BCUT2D eigenvalue weighted by Gasteiger charge is 2.28. The Labute approximate surface area is 194 Å². The van der Waals surface area contributed by atoms with Crippen LogP contribution >= 0.6 is 11.8 Å². The van der Waals surface area contributed by atoms with Gasteiger partial charge in [0, 0.05) is 30.2 Å². The Morgan fingerprint density at radius 2 is 2.09 bits per heavy atom. The number of hydrogen-bond donors (Lipinski definition) is 1. The Kier molecular flexibility index (Phi) is 6.04.